The Kier molecular flexibility index (Phi) is 3.64. The Hall–Kier alpha value is -1.36. The van der Waals surface area contributed by atoms with Gasteiger partial charge in [-0.3, -0.25) is 9.89 Å². The van der Waals surface area contributed by atoms with Crippen molar-refractivity contribution < 1.29 is 9.53 Å². The summed E-state index contributed by atoms with van der Waals surface area (Å²) in [4.78, 5) is 11.3. The number of amides is 1. The van der Waals surface area contributed by atoms with Crippen LogP contribution in [0, 0.1) is 6.92 Å². The number of aromatic nitrogens is 2. The van der Waals surface area contributed by atoms with Crippen LogP contribution in [0.1, 0.15) is 18.2 Å². The molecule has 0 aliphatic rings. The maximum Gasteiger partial charge on any atom is 0.249 e. The van der Waals surface area contributed by atoms with E-state index in [0.717, 1.165) is 11.3 Å². The van der Waals surface area contributed by atoms with Gasteiger partial charge in [0.25, 0.3) is 0 Å². The summed E-state index contributed by atoms with van der Waals surface area (Å²) >= 11 is 0. The number of rotatable bonds is 4. The summed E-state index contributed by atoms with van der Waals surface area (Å²) in [5, 5.41) is 9.41. The molecule has 0 bridgehead atoms. The number of hydrogen-bond donors (Lipinski definition) is 2. The highest BCUT2D eigenvalue weighted by Gasteiger charge is 2.11. The Morgan fingerprint density at radius 3 is 3.00 bits per heavy atom. The molecule has 0 spiro atoms. The van der Waals surface area contributed by atoms with Crippen LogP contribution in [0.5, 0.6) is 0 Å². The van der Waals surface area contributed by atoms with E-state index < -0.39 is 6.10 Å². The lowest BCUT2D eigenvalue weighted by Gasteiger charge is -2.09. The highest BCUT2D eigenvalue weighted by molar-refractivity contribution is 5.80. The van der Waals surface area contributed by atoms with E-state index in [-0.39, 0.29) is 5.91 Å². The minimum Gasteiger partial charge on any atom is -0.372 e. The van der Waals surface area contributed by atoms with Gasteiger partial charge in [-0.1, -0.05) is 0 Å². The number of nitrogens with one attached hydrogen (secondary N) is 2. The molecule has 2 N–H and O–H groups in total. The van der Waals surface area contributed by atoms with Crippen molar-refractivity contribution in [2.24, 2.45) is 0 Å². The van der Waals surface area contributed by atoms with Crippen molar-refractivity contribution >= 4 is 5.91 Å². The van der Waals surface area contributed by atoms with E-state index in [1.807, 2.05) is 6.92 Å². The lowest BCUT2D eigenvalue weighted by molar-refractivity contribution is -0.130. The summed E-state index contributed by atoms with van der Waals surface area (Å²) in [6, 6.07) is 0. The molecular weight excluding hydrogens is 182 g/mol. The molecule has 1 heterocycles. The van der Waals surface area contributed by atoms with E-state index in [9.17, 15) is 4.79 Å². The number of aromatic amines is 1. The molecule has 14 heavy (non-hydrogen) atoms. The van der Waals surface area contributed by atoms with Crippen LogP contribution >= 0.6 is 0 Å². The van der Waals surface area contributed by atoms with Crippen molar-refractivity contribution in [1.29, 1.82) is 0 Å². The predicted molar refractivity (Wildman–Crippen MR) is 51.6 cm³/mol. The van der Waals surface area contributed by atoms with Crippen LogP contribution in [-0.4, -0.2) is 29.3 Å². The van der Waals surface area contributed by atoms with Crippen molar-refractivity contribution in [3.05, 3.63) is 17.5 Å². The first-order valence-electron chi connectivity index (χ1n) is 4.44. The van der Waals surface area contributed by atoms with Gasteiger partial charge in [0.2, 0.25) is 5.91 Å². The van der Waals surface area contributed by atoms with Gasteiger partial charge in [0.15, 0.2) is 0 Å². The average molecular weight is 197 g/mol. The molecule has 0 aliphatic carbocycles. The summed E-state index contributed by atoms with van der Waals surface area (Å²) in [5.41, 5.74) is 1.96. The topological polar surface area (TPSA) is 67.0 Å². The zero-order valence-corrected chi connectivity index (χ0v) is 8.63. The molecule has 5 heteroatoms. The van der Waals surface area contributed by atoms with Gasteiger partial charge in [-0.05, 0) is 13.8 Å². The van der Waals surface area contributed by atoms with E-state index in [4.69, 9.17) is 4.74 Å². The van der Waals surface area contributed by atoms with E-state index in [2.05, 4.69) is 15.5 Å². The lowest BCUT2D eigenvalue weighted by Crippen LogP contribution is -2.33. The summed E-state index contributed by atoms with van der Waals surface area (Å²) in [6.07, 6.45) is 1.29. The first-order chi connectivity index (χ1) is 6.65. The van der Waals surface area contributed by atoms with Crippen LogP contribution in [0.25, 0.3) is 0 Å². The summed E-state index contributed by atoms with van der Waals surface area (Å²) in [6.45, 7) is 4.10. The van der Waals surface area contributed by atoms with Gasteiger partial charge in [0.1, 0.15) is 6.10 Å². The van der Waals surface area contributed by atoms with Crippen LogP contribution in [-0.2, 0) is 16.1 Å². The number of carbonyl (C=O) groups is 1. The quantitative estimate of drug-likeness (QED) is 0.732. The molecule has 5 nitrogen and oxygen atoms in total. The molecule has 0 radical (unpaired) electrons. The van der Waals surface area contributed by atoms with E-state index in [1.165, 1.54) is 7.11 Å². The van der Waals surface area contributed by atoms with E-state index >= 15 is 0 Å². The van der Waals surface area contributed by atoms with Crippen LogP contribution in [0.15, 0.2) is 6.20 Å². The summed E-state index contributed by atoms with van der Waals surface area (Å²) < 4.78 is 4.88. The van der Waals surface area contributed by atoms with Gasteiger partial charge >= 0.3 is 0 Å². The summed E-state index contributed by atoms with van der Waals surface area (Å²) in [5.74, 6) is -0.117. The third-order valence-corrected chi connectivity index (χ3v) is 2.11. The molecule has 0 fully saturated rings. The normalized spacial score (nSPS) is 12.5. The lowest BCUT2D eigenvalue weighted by atomic mass is 10.2. The molecule has 0 saturated heterocycles. The monoisotopic (exact) mass is 197 g/mol. The number of hydrogen-bond acceptors (Lipinski definition) is 3. The molecule has 1 rings (SSSR count). The molecule has 1 aromatic rings. The highest BCUT2D eigenvalue weighted by atomic mass is 16.5. The fourth-order valence-corrected chi connectivity index (χ4v) is 0.987. The van der Waals surface area contributed by atoms with Gasteiger partial charge in [0.05, 0.1) is 6.20 Å². The first kappa shape index (κ1) is 10.7. The largest absolute Gasteiger partial charge is 0.372 e. The van der Waals surface area contributed by atoms with Crippen LogP contribution in [0.2, 0.25) is 0 Å². The number of nitrogens with zero attached hydrogens (tertiary/aromatic N) is 1. The van der Waals surface area contributed by atoms with Gasteiger partial charge in [-0.15, -0.1) is 0 Å². The fourth-order valence-electron chi connectivity index (χ4n) is 0.987. The molecule has 1 atom stereocenters. The van der Waals surface area contributed by atoms with Crippen molar-refractivity contribution in [1.82, 2.24) is 15.5 Å². The minimum atomic E-state index is -0.415. The van der Waals surface area contributed by atoms with Gasteiger partial charge in [-0.25, -0.2) is 0 Å². The molecule has 1 amide bonds. The Balaban J connectivity index is 2.41. The standard InChI is InChI=1S/C9H15N3O2/c1-6-8(5-11-12-6)4-10-9(13)7(2)14-3/h5,7H,4H2,1-3H3,(H,10,13)(H,11,12). The van der Waals surface area contributed by atoms with Crippen molar-refractivity contribution in [2.45, 2.75) is 26.5 Å². The second-order valence-corrected chi connectivity index (χ2v) is 3.12. The molecular formula is C9H15N3O2. The summed E-state index contributed by atoms with van der Waals surface area (Å²) in [7, 11) is 1.51. The molecule has 0 saturated carbocycles. The van der Waals surface area contributed by atoms with Gasteiger partial charge in [-0.2, -0.15) is 5.10 Å². The number of ether oxygens (including phenoxy) is 1. The van der Waals surface area contributed by atoms with Crippen molar-refractivity contribution in [2.75, 3.05) is 7.11 Å². The zero-order chi connectivity index (χ0) is 10.6. The molecule has 1 aromatic heterocycles. The zero-order valence-electron chi connectivity index (χ0n) is 8.63. The Bertz CT molecular complexity index is 309. The minimum absolute atomic E-state index is 0.117. The first-order valence-corrected chi connectivity index (χ1v) is 4.44. The Morgan fingerprint density at radius 1 is 1.79 bits per heavy atom. The van der Waals surface area contributed by atoms with Crippen molar-refractivity contribution in [3.63, 3.8) is 0 Å². The predicted octanol–water partition coefficient (Wildman–Crippen LogP) is 0.369. The van der Waals surface area contributed by atoms with Crippen LogP contribution < -0.4 is 5.32 Å². The molecule has 1 unspecified atom stereocenters. The Labute approximate surface area is 82.8 Å². The maximum absolute atomic E-state index is 11.3. The van der Waals surface area contributed by atoms with Crippen LogP contribution in [0.4, 0.5) is 0 Å². The fraction of sp³-hybridized carbons (Fsp3) is 0.556. The smallest absolute Gasteiger partial charge is 0.249 e. The SMILES string of the molecule is COC(C)C(=O)NCc1cn[nH]c1C. The van der Waals surface area contributed by atoms with Crippen LogP contribution in [0.3, 0.4) is 0 Å². The average Bonchev–Trinajstić information content (AvgIpc) is 2.59. The third kappa shape index (κ3) is 2.56. The molecule has 78 valence electrons. The second kappa shape index (κ2) is 4.76. The van der Waals surface area contributed by atoms with Gasteiger partial charge < -0.3 is 10.1 Å². The number of aryl methyl sites for hydroxylation is 1. The highest BCUT2D eigenvalue weighted by Crippen LogP contribution is 2.01. The van der Waals surface area contributed by atoms with Gasteiger partial charge in [0, 0.05) is 24.9 Å². The number of methoxy groups -OCH3 is 1. The second-order valence-electron chi connectivity index (χ2n) is 3.12. The van der Waals surface area contributed by atoms with E-state index in [0.29, 0.717) is 6.54 Å². The molecule has 0 aromatic carbocycles. The van der Waals surface area contributed by atoms with Crippen molar-refractivity contribution in [3.8, 4) is 0 Å². The maximum atomic E-state index is 11.3. The van der Waals surface area contributed by atoms with E-state index in [1.54, 1.807) is 13.1 Å². The Morgan fingerprint density at radius 2 is 2.50 bits per heavy atom. The number of carbonyl (C=O) groups excluding carboxylic acids is 1. The third-order valence-electron chi connectivity index (χ3n) is 2.11. The molecule has 0 aliphatic heterocycles. The number of H-pyrrole nitrogens is 1.